The summed E-state index contributed by atoms with van der Waals surface area (Å²) >= 11 is 5.49. The molecule has 0 spiro atoms. The highest BCUT2D eigenvalue weighted by molar-refractivity contribution is 14.1. The maximum atomic E-state index is 12.1. The van der Waals surface area contributed by atoms with Gasteiger partial charge in [-0.25, -0.2) is 4.98 Å². The lowest BCUT2D eigenvalue weighted by atomic mass is 10.2. The van der Waals surface area contributed by atoms with Crippen molar-refractivity contribution in [2.24, 2.45) is 0 Å². The molecular weight excluding hydrogens is 423 g/mol. The van der Waals surface area contributed by atoms with Gasteiger partial charge in [-0.2, -0.15) is 0 Å². The van der Waals surface area contributed by atoms with Gasteiger partial charge in [0.05, 0.1) is 24.6 Å². The number of pyridine rings is 1. The van der Waals surface area contributed by atoms with Crippen molar-refractivity contribution < 1.29 is 9.53 Å². The minimum atomic E-state index is -0.169. The molecule has 98 valence electrons. The molecular formula is C13H10BrIN2O2. The normalized spacial score (nSPS) is 10.1. The molecule has 0 bridgehead atoms. The number of hydrogen-bond acceptors (Lipinski definition) is 3. The van der Waals surface area contributed by atoms with Crippen molar-refractivity contribution in [3.8, 4) is 5.88 Å². The molecule has 0 radical (unpaired) electrons. The second kappa shape index (κ2) is 6.33. The van der Waals surface area contributed by atoms with E-state index in [1.807, 2.05) is 12.1 Å². The standard InChI is InChI=1S/C13H10BrIN2O2/c1-19-12-5-3-9(7-16-12)17-13(18)10-6-8(14)2-4-11(10)15/h2-7H,1H3,(H,17,18). The number of hydrogen-bond donors (Lipinski definition) is 1. The molecule has 0 unspecified atom stereocenters. The van der Waals surface area contributed by atoms with E-state index in [1.165, 1.54) is 0 Å². The molecule has 6 heteroatoms. The van der Waals surface area contributed by atoms with Gasteiger partial charge >= 0.3 is 0 Å². The third-order valence-corrected chi connectivity index (χ3v) is 3.81. The number of amides is 1. The number of ether oxygens (including phenoxy) is 1. The van der Waals surface area contributed by atoms with Gasteiger partial charge in [-0.05, 0) is 46.9 Å². The highest BCUT2D eigenvalue weighted by Crippen LogP contribution is 2.20. The van der Waals surface area contributed by atoms with E-state index in [0.29, 0.717) is 17.1 Å². The lowest BCUT2D eigenvalue weighted by Crippen LogP contribution is -2.13. The van der Waals surface area contributed by atoms with Gasteiger partial charge in [0.2, 0.25) is 5.88 Å². The third kappa shape index (κ3) is 3.66. The van der Waals surface area contributed by atoms with Crippen molar-refractivity contribution in [1.29, 1.82) is 0 Å². The van der Waals surface area contributed by atoms with Crippen LogP contribution in [0.5, 0.6) is 5.88 Å². The van der Waals surface area contributed by atoms with E-state index in [4.69, 9.17) is 4.74 Å². The zero-order valence-electron chi connectivity index (χ0n) is 9.98. The number of nitrogens with zero attached hydrogens (tertiary/aromatic N) is 1. The highest BCUT2D eigenvalue weighted by Gasteiger charge is 2.11. The number of nitrogens with one attached hydrogen (secondary N) is 1. The van der Waals surface area contributed by atoms with E-state index in [9.17, 15) is 4.79 Å². The van der Waals surface area contributed by atoms with Gasteiger partial charge in [-0.1, -0.05) is 15.9 Å². The summed E-state index contributed by atoms with van der Waals surface area (Å²) in [6.45, 7) is 0. The highest BCUT2D eigenvalue weighted by atomic mass is 127. The Morgan fingerprint density at radius 3 is 2.79 bits per heavy atom. The Kier molecular flexibility index (Phi) is 4.76. The van der Waals surface area contributed by atoms with Gasteiger partial charge in [-0.15, -0.1) is 0 Å². The zero-order valence-corrected chi connectivity index (χ0v) is 13.7. The first-order valence-corrected chi connectivity index (χ1v) is 7.24. The zero-order chi connectivity index (χ0) is 13.8. The summed E-state index contributed by atoms with van der Waals surface area (Å²) < 4.78 is 6.72. The number of methoxy groups -OCH3 is 1. The van der Waals surface area contributed by atoms with Crippen LogP contribution in [0.3, 0.4) is 0 Å². The molecule has 1 heterocycles. The molecule has 1 amide bonds. The monoisotopic (exact) mass is 432 g/mol. The van der Waals surface area contributed by atoms with E-state index in [-0.39, 0.29) is 5.91 Å². The Morgan fingerprint density at radius 2 is 2.16 bits per heavy atom. The molecule has 1 aromatic carbocycles. The molecule has 4 nitrogen and oxygen atoms in total. The van der Waals surface area contributed by atoms with Crippen LogP contribution in [-0.2, 0) is 0 Å². The first-order chi connectivity index (χ1) is 9.10. The van der Waals surface area contributed by atoms with Gasteiger partial charge in [0.25, 0.3) is 5.91 Å². The van der Waals surface area contributed by atoms with Crippen LogP contribution in [-0.4, -0.2) is 18.0 Å². The van der Waals surface area contributed by atoms with Crippen molar-refractivity contribution in [3.05, 3.63) is 50.1 Å². The fourth-order valence-corrected chi connectivity index (χ4v) is 2.39. The lowest BCUT2D eigenvalue weighted by Gasteiger charge is -2.07. The average molecular weight is 433 g/mol. The first kappa shape index (κ1) is 14.3. The van der Waals surface area contributed by atoms with Crippen LogP contribution in [0, 0.1) is 3.57 Å². The summed E-state index contributed by atoms with van der Waals surface area (Å²) in [7, 11) is 1.55. The molecule has 0 aliphatic heterocycles. The van der Waals surface area contributed by atoms with Crippen molar-refractivity contribution in [1.82, 2.24) is 4.98 Å². The Hall–Kier alpha value is -1.15. The Balaban J connectivity index is 2.18. The SMILES string of the molecule is COc1ccc(NC(=O)c2cc(Br)ccc2I)cn1. The molecule has 2 rings (SSSR count). The second-order valence-corrected chi connectivity index (χ2v) is 5.75. The maximum absolute atomic E-state index is 12.1. The lowest BCUT2D eigenvalue weighted by molar-refractivity contribution is 0.102. The Morgan fingerprint density at radius 1 is 1.37 bits per heavy atom. The number of halogens is 2. The van der Waals surface area contributed by atoms with Crippen molar-refractivity contribution in [2.45, 2.75) is 0 Å². The summed E-state index contributed by atoms with van der Waals surface area (Å²) in [5.74, 6) is 0.340. The molecule has 0 saturated heterocycles. The first-order valence-electron chi connectivity index (χ1n) is 5.36. The molecule has 2 aromatic rings. The minimum Gasteiger partial charge on any atom is -0.481 e. The summed E-state index contributed by atoms with van der Waals surface area (Å²) in [6.07, 6.45) is 1.56. The van der Waals surface area contributed by atoms with E-state index in [1.54, 1.807) is 31.5 Å². The largest absolute Gasteiger partial charge is 0.481 e. The van der Waals surface area contributed by atoms with Gasteiger partial charge in [0, 0.05) is 14.1 Å². The second-order valence-electron chi connectivity index (χ2n) is 3.67. The number of anilines is 1. The summed E-state index contributed by atoms with van der Waals surface area (Å²) in [6, 6.07) is 9.00. The summed E-state index contributed by atoms with van der Waals surface area (Å²) in [5, 5.41) is 2.79. The van der Waals surface area contributed by atoms with Gasteiger partial charge in [0.15, 0.2) is 0 Å². The van der Waals surface area contributed by atoms with Gasteiger partial charge < -0.3 is 10.1 Å². The van der Waals surface area contributed by atoms with Crippen LogP contribution >= 0.6 is 38.5 Å². The molecule has 19 heavy (non-hydrogen) atoms. The van der Waals surface area contributed by atoms with Crippen LogP contribution in [0.1, 0.15) is 10.4 Å². The van der Waals surface area contributed by atoms with Gasteiger partial charge in [0.1, 0.15) is 0 Å². The fraction of sp³-hybridized carbons (Fsp3) is 0.0769. The molecule has 1 aromatic heterocycles. The molecule has 0 atom stereocenters. The van der Waals surface area contributed by atoms with Crippen LogP contribution in [0.2, 0.25) is 0 Å². The predicted molar refractivity (Wildman–Crippen MR) is 85.6 cm³/mol. The van der Waals surface area contributed by atoms with Crippen LogP contribution in [0.4, 0.5) is 5.69 Å². The van der Waals surface area contributed by atoms with Crippen molar-refractivity contribution >= 4 is 50.1 Å². The summed E-state index contributed by atoms with van der Waals surface area (Å²) in [5.41, 5.74) is 1.24. The average Bonchev–Trinajstić information content (AvgIpc) is 2.42. The van der Waals surface area contributed by atoms with E-state index < -0.39 is 0 Å². The van der Waals surface area contributed by atoms with E-state index in [0.717, 1.165) is 8.04 Å². The molecule has 0 saturated carbocycles. The van der Waals surface area contributed by atoms with Crippen LogP contribution in [0.25, 0.3) is 0 Å². The Labute approximate surface area is 132 Å². The smallest absolute Gasteiger partial charge is 0.256 e. The van der Waals surface area contributed by atoms with Crippen molar-refractivity contribution in [2.75, 3.05) is 12.4 Å². The third-order valence-electron chi connectivity index (χ3n) is 2.38. The molecule has 1 N–H and O–H groups in total. The van der Waals surface area contributed by atoms with Crippen LogP contribution < -0.4 is 10.1 Å². The van der Waals surface area contributed by atoms with Gasteiger partial charge in [-0.3, -0.25) is 4.79 Å². The van der Waals surface area contributed by atoms with Crippen molar-refractivity contribution in [3.63, 3.8) is 0 Å². The molecule has 0 aliphatic carbocycles. The quantitative estimate of drug-likeness (QED) is 0.752. The predicted octanol–water partition coefficient (Wildman–Crippen LogP) is 3.71. The number of benzene rings is 1. The van der Waals surface area contributed by atoms with Crippen LogP contribution in [0.15, 0.2) is 41.0 Å². The minimum absolute atomic E-state index is 0.169. The topological polar surface area (TPSA) is 51.2 Å². The van der Waals surface area contributed by atoms with E-state index in [2.05, 4.69) is 48.8 Å². The molecule has 0 aliphatic rings. The number of carbonyl (C=O) groups is 1. The number of aromatic nitrogens is 1. The molecule has 0 fully saturated rings. The number of rotatable bonds is 3. The summed E-state index contributed by atoms with van der Waals surface area (Å²) in [4.78, 5) is 16.2. The Bertz CT molecular complexity index is 602. The number of carbonyl (C=O) groups excluding carboxylic acids is 1. The van der Waals surface area contributed by atoms with E-state index >= 15 is 0 Å². The fourth-order valence-electron chi connectivity index (χ4n) is 1.44. The maximum Gasteiger partial charge on any atom is 0.256 e.